The maximum atomic E-state index is 5.85. The van der Waals surface area contributed by atoms with Gasteiger partial charge >= 0.3 is 0 Å². The number of nitrogens with one attached hydrogen (secondary N) is 1. The molecule has 92 valence electrons. The summed E-state index contributed by atoms with van der Waals surface area (Å²) in [5, 5.41) is 7.73. The fourth-order valence-corrected chi connectivity index (χ4v) is 2.69. The van der Waals surface area contributed by atoms with E-state index in [1.165, 1.54) is 5.56 Å². The number of thiophene rings is 1. The van der Waals surface area contributed by atoms with Crippen molar-refractivity contribution in [3.63, 3.8) is 0 Å². The first-order valence-corrected chi connectivity index (χ1v) is 6.93. The van der Waals surface area contributed by atoms with Gasteiger partial charge in [0.2, 0.25) is 0 Å². The van der Waals surface area contributed by atoms with Gasteiger partial charge < -0.3 is 10.1 Å². The minimum atomic E-state index is 0.287. The van der Waals surface area contributed by atoms with Gasteiger partial charge in [0.05, 0.1) is 6.10 Å². The zero-order valence-electron chi connectivity index (χ0n) is 10.7. The first-order chi connectivity index (χ1) is 7.69. The highest BCUT2D eigenvalue weighted by Crippen LogP contribution is 2.17. The third-order valence-electron chi connectivity index (χ3n) is 2.82. The van der Waals surface area contributed by atoms with E-state index in [0.717, 1.165) is 13.0 Å². The summed E-state index contributed by atoms with van der Waals surface area (Å²) in [5.74, 6) is 0.538. The molecule has 0 radical (unpaired) electrons. The van der Waals surface area contributed by atoms with Crippen LogP contribution in [0.2, 0.25) is 0 Å². The number of hydrogen-bond donors (Lipinski definition) is 1. The van der Waals surface area contributed by atoms with E-state index < -0.39 is 0 Å². The van der Waals surface area contributed by atoms with Gasteiger partial charge in [0, 0.05) is 12.6 Å². The van der Waals surface area contributed by atoms with Crippen molar-refractivity contribution in [2.24, 2.45) is 5.92 Å². The van der Waals surface area contributed by atoms with Crippen LogP contribution in [0, 0.1) is 5.92 Å². The topological polar surface area (TPSA) is 21.3 Å². The maximum absolute atomic E-state index is 5.85. The second-order valence-electron chi connectivity index (χ2n) is 4.39. The Morgan fingerprint density at radius 2 is 2.19 bits per heavy atom. The average Bonchev–Trinajstić information content (AvgIpc) is 2.75. The maximum Gasteiger partial charge on any atom is 0.0753 e. The van der Waals surface area contributed by atoms with Crippen LogP contribution < -0.4 is 5.32 Å². The van der Waals surface area contributed by atoms with Crippen molar-refractivity contribution in [1.29, 1.82) is 0 Å². The van der Waals surface area contributed by atoms with Crippen LogP contribution >= 0.6 is 11.3 Å². The van der Waals surface area contributed by atoms with Gasteiger partial charge in [0.15, 0.2) is 0 Å². The van der Waals surface area contributed by atoms with Crippen LogP contribution in [-0.2, 0) is 11.2 Å². The van der Waals surface area contributed by atoms with Crippen molar-refractivity contribution < 1.29 is 4.74 Å². The molecule has 1 aromatic heterocycles. The van der Waals surface area contributed by atoms with E-state index in [-0.39, 0.29) is 6.10 Å². The normalized spacial score (nSPS) is 15.3. The fraction of sp³-hybridized carbons (Fsp3) is 0.692. The van der Waals surface area contributed by atoms with Gasteiger partial charge in [-0.25, -0.2) is 0 Å². The van der Waals surface area contributed by atoms with Gasteiger partial charge in [0.25, 0.3) is 0 Å². The summed E-state index contributed by atoms with van der Waals surface area (Å²) < 4.78 is 5.85. The van der Waals surface area contributed by atoms with Crippen LogP contribution in [0.4, 0.5) is 0 Å². The highest BCUT2D eigenvalue weighted by atomic mass is 32.1. The van der Waals surface area contributed by atoms with Crippen LogP contribution in [0.25, 0.3) is 0 Å². The second kappa shape index (κ2) is 7.05. The summed E-state index contributed by atoms with van der Waals surface area (Å²) in [5.41, 5.74) is 1.40. The van der Waals surface area contributed by atoms with Crippen molar-refractivity contribution in [3.8, 4) is 0 Å². The average molecular weight is 241 g/mol. The van der Waals surface area contributed by atoms with Gasteiger partial charge in [-0.05, 0) is 48.7 Å². The Morgan fingerprint density at radius 1 is 1.44 bits per heavy atom. The first kappa shape index (κ1) is 13.7. The minimum absolute atomic E-state index is 0.287. The lowest BCUT2D eigenvalue weighted by molar-refractivity contribution is 0.00537. The Bertz CT molecular complexity index is 271. The molecule has 0 aliphatic rings. The number of rotatable bonds is 7. The summed E-state index contributed by atoms with van der Waals surface area (Å²) in [4.78, 5) is 0. The Labute approximate surface area is 103 Å². The molecular formula is C13H23NOS. The van der Waals surface area contributed by atoms with Crippen molar-refractivity contribution in [1.82, 2.24) is 5.32 Å². The van der Waals surface area contributed by atoms with E-state index >= 15 is 0 Å². The van der Waals surface area contributed by atoms with Gasteiger partial charge in [-0.3, -0.25) is 0 Å². The third kappa shape index (κ3) is 3.89. The van der Waals surface area contributed by atoms with Crippen LogP contribution in [-0.4, -0.2) is 25.8 Å². The molecule has 2 unspecified atom stereocenters. The summed E-state index contributed by atoms with van der Waals surface area (Å²) in [6.07, 6.45) is 1.33. The molecular weight excluding hydrogens is 218 g/mol. The van der Waals surface area contributed by atoms with Gasteiger partial charge in [-0.2, -0.15) is 11.3 Å². The smallest absolute Gasteiger partial charge is 0.0753 e. The minimum Gasteiger partial charge on any atom is -0.377 e. The molecule has 0 saturated carbocycles. The summed E-state index contributed by atoms with van der Waals surface area (Å²) >= 11 is 1.76. The van der Waals surface area contributed by atoms with E-state index in [1.54, 1.807) is 11.3 Å². The van der Waals surface area contributed by atoms with E-state index in [9.17, 15) is 0 Å². The predicted molar refractivity (Wildman–Crippen MR) is 71.1 cm³/mol. The Kier molecular flexibility index (Phi) is 6.03. The quantitative estimate of drug-likeness (QED) is 0.792. The molecule has 1 heterocycles. The molecule has 0 aromatic carbocycles. The van der Waals surface area contributed by atoms with E-state index in [4.69, 9.17) is 4.74 Å². The zero-order valence-corrected chi connectivity index (χ0v) is 11.5. The Hall–Kier alpha value is -0.380. The zero-order chi connectivity index (χ0) is 12.0. The molecule has 1 aromatic rings. The molecule has 3 heteroatoms. The molecule has 0 bridgehead atoms. The first-order valence-electron chi connectivity index (χ1n) is 5.99. The van der Waals surface area contributed by atoms with Crippen LogP contribution in [0.1, 0.15) is 26.3 Å². The van der Waals surface area contributed by atoms with Crippen molar-refractivity contribution in [2.75, 3.05) is 13.7 Å². The van der Waals surface area contributed by atoms with Crippen LogP contribution in [0.3, 0.4) is 0 Å². The molecule has 0 amide bonds. The largest absolute Gasteiger partial charge is 0.377 e. The van der Waals surface area contributed by atoms with E-state index in [1.807, 2.05) is 7.05 Å². The molecule has 2 nitrogen and oxygen atoms in total. The van der Waals surface area contributed by atoms with Crippen LogP contribution in [0.5, 0.6) is 0 Å². The lowest BCUT2D eigenvalue weighted by Gasteiger charge is -2.29. The van der Waals surface area contributed by atoms with Gasteiger partial charge in [0.1, 0.15) is 0 Å². The molecule has 16 heavy (non-hydrogen) atoms. The van der Waals surface area contributed by atoms with E-state index in [2.05, 4.69) is 42.9 Å². The summed E-state index contributed by atoms with van der Waals surface area (Å²) in [7, 11) is 2.02. The molecule has 0 saturated heterocycles. The Morgan fingerprint density at radius 3 is 2.62 bits per heavy atom. The summed E-state index contributed by atoms with van der Waals surface area (Å²) in [6, 6.07) is 2.59. The van der Waals surface area contributed by atoms with Crippen molar-refractivity contribution in [3.05, 3.63) is 22.4 Å². The molecule has 0 spiro atoms. The standard InChI is InChI=1S/C13H23NOS/c1-5-15-13(10(2)3)12(14-4)8-11-6-7-16-9-11/h6-7,9-10,12-14H,5,8H2,1-4H3. The monoisotopic (exact) mass is 241 g/mol. The molecule has 0 aliphatic carbocycles. The number of ether oxygens (including phenoxy) is 1. The highest BCUT2D eigenvalue weighted by Gasteiger charge is 2.23. The molecule has 1 N–H and O–H groups in total. The Balaban J connectivity index is 2.63. The molecule has 0 aliphatic heterocycles. The molecule has 1 rings (SSSR count). The van der Waals surface area contributed by atoms with Crippen molar-refractivity contribution in [2.45, 2.75) is 39.3 Å². The van der Waals surface area contributed by atoms with Crippen molar-refractivity contribution >= 4 is 11.3 Å². The lowest BCUT2D eigenvalue weighted by Crippen LogP contribution is -2.44. The lowest BCUT2D eigenvalue weighted by atomic mass is 9.95. The second-order valence-corrected chi connectivity index (χ2v) is 5.17. The molecule has 2 atom stereocenters. The molecule has 0 fully saturated rings. The van der Waals surface area contributed by atoms with Gasteiger partial charge in [-0.15, -0.1) is 0 Å². The summed E-state index contributed by atoms with van der Waals surface area (Å²) in [6.45, 7) is 7.29. The number of likely N-dealkylation sites (N-methyl/N-ethyl adjacent to an activating group) is 1. The van der Waals surface area contributed by atoms with E-state index in [0.29, 0.717) is 12.0 Å². The SMILES string of the molecule is CCOC(C(C)C)C(Cc1ccsc1)NC. The van der Waals surface area contributed by atoms with Gasteiger partial charge in [-0.1, -0.05) is 13.8 Å². The fourth-order valence-electron chi connectivity index (χ4n) is 2.01. The highest BCUT2D eigenvalue weighted by molar-refractivity contribution is 7.07. The predicted octanol–water partition coefficient (Wildman–Crippen LogP) is 2.94. The number of hydrogen-bond acceptors (Lipinski definition) is 3. The third-order valence-corrected chi connectivity index (χ3v) is 3.55. The van der Waals surface area contributed by atoms with Crippen LogP contribution in [0.15, 0.2) is 16.8 Å².